The second-order valence-electron chi connectivity index (χ2n) is 2.35. The van der Waals surface area contributed by atoms with Gasteiger partial charge in [-0.25, -0.2) is 0 Å². The van der Waals surface area contributed by atoms with Crippen molar-refractivity contribution in [2.45, 2.75) is 6.36 Å². The second-order valence-corrected chi connectivity index (χ2v) is 4.06. The Hall–Kier alpha value is -0.430. The molecule has 0 spiro atoms. The lowest BCUT2D eigenvalue weighted by Gasteiger charge is -2.11. The third-order valence-electron chi connectivity index (χ3n) is 1.28. The van der Waals surface area contributed by atoms with Gasteiger partial charge in [-0.2, -0.15) is 0 Å². The minimum atomic E-state index is -4.71. The minimum absolute atomic E-state index is 0.149. The molecule has 7 heteroatoms. The van der Waals surface area contributed by atoms with Crippen molar-refractivity contribution in [3.05, 3.63) is 21.1 Å². The summed E-state index contributed by atoms with van der Waals surface area (Å²) < 4.78 is 39.8. The molecule has 0 unspecified atom stereocenters. The summed E-state index contributed by atoms with van der Waals surface area (Å²) in [5.41, 5.74) is 5.76. The van der Waals surface area contributed by atoms with Gasteiger partial charge in [-0.05, 0) is 44.0 Å². The molecule has 2 nitrogen and oxygen atoms in total. The molecule has 0 aliphatic rings. The van der Waals surface area contributed by atoms with Crippen molar-refractivity contribution < 1.29 is 17.9 Å². The van der Waals surface area contributed by atoms with Crippen molar-refractivity contribution in [3.63, 3.8) is 0 Å². The van der Waals surface area contributed by atoms with Crippen LogP contribution in [0.1, 0.15) is 0 Å². The fourth-order valence-corrected chi connectivity index (χ4v) is 1.51. The van der Waals surface area contributed by atoms with Crippen molar-refractivity contribution in [2.75, 3.05) is 5.73 Å². The number of hydrogen-bond donors (Lipinski definition) is 1. The Labute approximate surface area is 94.5 Å². The summed E-state index contributed by atoms with van der Waals surface area (Å²) in [7, 11) is 0. The van der Waals surface area contributed by atoms with E-state index in [0.717, 1.165) is 6.07 Å². The monoisotopic (exact) mass is 333 g/mol. The Morgan fingerprint density at radius 2 is 1.71 bits per heavy atom. The molecule has 2 N–H and O–H groups in total. The van der Waals surface area contributed by atoms with Crippen LogP contribution in [0.2, 0.25) is 0 Å². The maximum absolute atomic E-state index is 11.9. The van der Waals surface area contributed by atoms with Gasteiger partial charge in [-0.15, -0.1) is 13.2 Å². The average molecular weight is 335 g/mol. The molecule has 1 rings (SSSR count). The molecule has 1 aromatic carbocycles. The number of benzene rings is 1. The SMILES string of the molecule is Nc1cc(Br)c(OC(F)(F)F)cc1Br. The predicted molar refractivity (Wildman–Crippen MR) is 52.9 cm³/mol. The first-order valence-corrected chi connectivity index (χ1v) is 4.88. The van der Waals surface area contributed by atoms with Gasteiger partial charge in [0.05, 0.1) is 4.47 Å². The summed E-state index contributed by atoms with van der Waals surface area (Å²) in [5.74, 6) is -0.335. The van der Waals surface area contributed by atoms with Crippen LogP contribution in [0.5, 0.6) is 5.75 Å². The van der Waals surface area contributed by atoms with Crippen LogP contribution in [0.4, 0.5) is 18.9 Å². The van der Waals surface area contributed by atoms with E-state index in [1.165, 1.54) is 6.07 Å². The summed E-state index contributed by atoms with van der Waals surface area (Å²) >= 11 is 5.90. The number of hydrogen-bond acceptors (Lipinski definition) is 2. The van der Waals surface area contributed by atoms with Gasteiger partial charge < -0.3 is 10.5 Å². The van der Waals surface area contributed by atoms with Crippen LogP contribution in [-0.4, -0.2) is 6.36 Å². The summed E-state index contributed by atoms with van der Waals surface area (Å²) in [6, 6.07) is 2.47. The van der Waals surface area contributed by atoms with Gasteiger partial charge in [0.2, 0.25) is 0 Å². The van der Waals surface area contributed by atoms with Gasteiger partial charge in [-0.3, -0.25) is 0 Å². The first-order chi connectivity index (χ1) is 6.29. The van der Waals surface area contributed by atoms with Crippen LogP contribution in [0.3, 0.4) is 0 Å². The molecule has 78 valence electrons. The lowest BCUT2D eigenvalue weighted by atomic mass is 10.3. The van der Waals surface area contributed by atoms with E-state index in [0.29, 0.717) is 10.2 Å². The van der Waals surface area contributed by atoms with E-state index in [1.54, 1.807) is 0 Å². The number of nitrogens with two attached hydrogens (primary N) is 1. The Kier molecular flexibility index (Phi) is 3.31. The average Bonchev–Trinajstić information content (AvgIpc) is 1.97. The summed E-state index contributed by atoms with van der Waals surface area (Å²) in [5, 5.41) is 0. The molecule has 0 saturated carbocycles. The van der Waals surface area contributed by atoms with Crippen LogP contribution in [-0.2, 0) is 0 Å². The Balaban J connectivity index is 3.04. The number of ether oxygens (including phenoxy) is 1. The smallest absolute Gasteiger partial charge is 0.405 e. The minimum Gasteiger partial charge on any atom is -0.405 e. The number of anilines is 1. The number of rotatable bonds is 1. The normalized spacial score (nSPS) is 11.5. The second kappa shape index (κ2) is 3.98. The fourth-order valence-electron chi connectivity index (χ4n) is 0.747. The van der Waals surface area contributed by atoms with Crippen molar-refractivity contribution >= 4 is 37.5 Å². The molecular weight excluding hydrogens is 331 g/mol. The van der Waals surface area contributed by atoms with E-state index in [2.05, 4.69) is 36.6 Å². The van der Waals surface area contributed by atoms with Gasteiger partial charge >= 0.3 is 6.36 Å². The van der Waals surface area contributed by atoms with Gasteiger partial charge in [-0.1, -0.05) is 0 Å². The van der Waals surface area contributed by atoms with Crippen LogP contribution < -0.4 is 10.5 Å². The first-order valence-electron chi connectivity index (χ1n) is 3.30. The number of alkyl halides is 3. The van der Waals surface area contributed by atoms with Crippen LogP contribution in [0, 0.1) is 0 Å². The number of halogens is 5. The molecule has 0 aliphatic carbocycles. The molecule has 0 aliphatic heterocycles. The fraction of sp³-hybridized carbons (Fsp3) is 0.143. The van der Waals surface area contributed by atoms with E-state index < -0.39 is 6.36 Å². The van der Waals surface area contributed by atoms with Crippen molar-refractivity contribution in [3.8, 4) is 5.75 Å². The van der Waals surface area contributed by atoms with E-state index >= 15 is 0 Å². The van der Waals surface area contributed by atoms with Crippen LogP contribution in [0.25, 0.3) is 0 Å². The Bertz CT molecular complexity index is 354. The highest BCUT2D eigenvalue weighted by molar-refractivity contribution is 9.11. The van der Waals surface area contributed by atoms with Gasteiger partial charge in [0.25, 0.3) is 0 Å². The van der Waals surface area contributed by atoms with Crippen LogP contribution >= 0.6 is 31.9 Å². The maximum atomic E-state index is 11.9. The Morgan fingerprint density at radius 3 is 2.21 bits per heavy atom. The summed E-state index contributed by atoms with van der Waals surface area (Å²) in [6.45, 7) is 0. The zero-order chi connectivity index (χ0) is 10.9. The topological polar surface area (TPSA) is 35.2 Å². The first kappa shape index (κ1) is 11.6. The molecule has 0 bridgehead atoms. The molecule has 0 saturated heterocycles. The molecule has 0 radical (unpaired) electrons. The maximum Gasteiger partial charge on any atom is 0.573 e. The zero-order valence-corrected chi connectivity index (χ0v) is 9.70. The van der Waals surface area contributed by atoms with Crippen molar-refractivity contribution in [2.24, 2.45) is 0 Å². The zero-order valence-electron chi connectivity index (χ0n) is 6.53. The third-order valence-corrected chi connectivity index (χ3v) is 2.58. The highest BCUT2D eigenvalue weighted by Gasteiger charge is 2.32. The summed E-state index contributed by atoms with van der Waals surface area (Å²) in [6.07, 6.45) is -4.71. The lowest BCUT2D eigenvalue weighted by molar-refractivity contribution is -0.274. The van der Waals surface area contributed by atoms with E-state index in [1.807, 2.05) is 0 Å². The number of nitrogen functional groups attached to an aromatic ring is 1. The molecule has 0 fully saturated rings. The lowest BCUT2D eigenvalue weighted by Crippen LogP contribution is -2.17. The van der Waals surface area contributed by atoms with Crippen molar-refractivity contribution in [1.29, 1.82) is 0 Å². The third kappa shape index (κ3) is 3.06. The highest BCUT2D eigenvalue weighted by Crippen LogP contribution is 2.35. The molecule has 0 aromatic heterocycles. The largest absolute Gasteiger partial charge is 0.573 e. The summed E-state index contributed by atoms with van der Waals surface area (Å²) in [4.78, 5) is 0. The molecule has 1 aromatic rings. The van der Waals surface area contributed by atoms with Gasteiger partial charge in [0.15, 0.2) is 0 Å². The molecule has 0 atom stereocenters. The van der Waals surface area contributed by atoms with Crippen LogP contribution in [0.15, 0.2) is 21.1 Å². The van der Waals surface area contributed by atoms with E-state index in [9.17, 15) is 13.2 Å². The van der Waals surface area contributed by atoms with E-state index in [4.69, 9.17) is 5.73 Å². The molecule has 0 heterocycles. The predicted octanol–water partition coefficient (Wildman–Crippen LogP) is 3.69. The highest BCUT2D eigenvalue weighted by atomic mass is 79.9. The Morgan fingerprint density at radius 1 is 1.14 bits per heavy atom. The van der Waals surface area contributed by atoms with Gasteiger partial charge in [0.1, 0.15) is 5.75 Å². The molecule has 14 heavy (non-hydrogen) atoms. The molecule has 0 amide bonds. The standard InChI is InChI=1S/C7H4Br2F3NO/c8-3-2-6(14-7(10,11)12)4(9)1-5(3)13/h1-2H,13H2. The molecular formula is C7H4Br2F3NO. The van der Waals surface area contributed by atoms with E-state index in [-0.39, 0.29) is 10.2 Å². The van der Waals surface area contributed by atoms with Crippen molar-refractivity contribution in [1.82, 2.24) is 0 Å². The quantitative estimate of drug-likeness (QED) is 0.795. The van der Waals surface area contributed by atoms with Gasteiger partial charge in [0, 0.05) is 10.2 Å².